The number of aliphatic hydroxyl groups excluding tert-OH is 1. The minimum atomic E-state index is -0.663. The standard InChI is InChI=1S/C14H11FN2O2/c1-8(18)11-6-7-12-14(16-11)19-13(17-12)9-2-4-10(15)5-3-9/h2-8,18H,1H3. The van der Waals surface area contributed by atoms with E-state index >= 15 is 0 Å². The molecule has 1 atom stereocenters. The van der Waals surface area contributed by atoms with E-state index in [9.17, 15) is 9.50 Å². The third-order valence-electron chi connectivity index (χ3n) is 2.80. The summed E-state index contributed by atoms with van der Waals surface area (Å²) >= 11 is 0. The molecular weight excluding hydrogens is 247 g/mol. The zero-order chi connectivity index (χ0) is 13.4. The second kappa shape index (κ2) is 4.44. The Morgan fingerprint density at radius 1 is 1.11 bits per heavy atom. The van der Waals surface area contributed by atoms with Gasteiger partial charge in [0.15, 0.2) is 0 Å². The zero-order valence-corrected chi connectivity index (χ0v) is 10.2. The molecule has 2 heterocycles. The number of halogens is 1. The molecule has 0 bridgehead atoms. The van der Waals surface area contributed by atoms with Crippen molar-refractivity contribution in [1.29, 1.82) is 0 Å². The summed E-state index contributed by atoms with van der Waals surface area (Å²) in [5.41, 5.74) is 2.16. The van der Waals surface area contributed by atoms with Gasteiger partial charge in [0, 0.05) is 5.56 Å². The van der Waals surface area contributed by atoms with Gasteiger partial charge < -0.3 is 9.52 Å². The Morgan fingerprint density at radius 2 is 1.84 bits per heavy atom. The van der Waals surface area contributed by atoms with E-state index in [4.69, 9.17) is 4.42 Å². The minimum absolute atomic E-state index is 0.311. The van der Waals surface area contributed by atoms with Crippen molar-refractivity contribution in [1.82, 2.24) is 9.97 Å². The van der Waals surface area contributed by atoms with Gasteiger partial charge in [0.2, 0.25) is 11.6 Å². The molecule has 3 aromatic rings. The Balaban J connectivity index is 2.08. The maximum atomic E-state index is 12.9. The summed E-state index contributed by atoms with van der Waals surface area (Å²) < 4.78 is 18.4. The van der Waals surface area contributed by atoms with Crippen molar-refractivity contribution in [2.24, 2.45) is 0 Å². The third-order valence-corrected chi connectivity index (χ3v) is 2.80. The summed E-state index contributed by atoms with van der Waals surface area (Å²) in [7, 11) is 0. The molecule has 0 saturated heterocycles. The number of rotatable bonds is 2. The Morgan fingerprint density at radius 3 is 2.53 bits per heavy atom. The Bertz CT molecular complexity index is 720. The molecule has 2 aromatic heterocycles. The smallest absolute Gasteiger partial charge is 0.247 e. The largest absolute Gasteiger partial charge is 0.418 e. The van der Waals surface area contributed by atoms with Crippen LogP contribution in [0.1, 0.15) is 18.7 Å². The van der Waals surface area contributed by atoms with Crippen LogP contribution in [-0.4, -0.2) is 15.1 Å². The molecule has 1 aromatic carbocycles. The molecule has 1 N–H and O–H groups in total. The van der Waals surface area contributed by atoms with Crippen molar-refractivity contribution in [3.05, 3.63) is 47.9 Å². The Labute approximate surface area is 108 Å². The highest BCUT2D eigenvalue weighted by Crippen LogP contribution is 2.24. The van der Waals surface area contributed by atoms with Crippen LogP contribution in [0.3, 0.4) is 0 Å². The lowest BCUT2D eigenvalue weighted by Crippen LogP contribution is -1.94. The van der Waals surface area contributed by atoms with E-state index in [1.165, 1.54) is 12.1 Å². The number of pyridine rings is 1. The first-order chi connectivity index (χ1) is 9.13. The maximum Gasteiger partial charge on any atom is 0.247 e. The highest BCUT2D eigenvalue weighted by Gasteiger charge is 2.11. The lowest BCUT2D eigenvalue weighted by atomic mass is 10.2. The average molecular weight is 258 g/mol. The number of benzene rings is 1. The SMILES string of the molecule is CC(O)c1ccc2nc(-c3ccc(F)cc3)oc2n1. The molecule has 0 amide bonds. The molecule has 0 spiro atoms. The van der Waals surface area contributed by atoms with E-state index in [0.717, 1.165) is 0 Å². The van der Waals surface area contributed by atoms with E-state index in [1.807, 2.05) is 0 Å². The predicted molar refractivity (Wildman–Crippen MR) is 67.8 cm³/mol. The number of fused-ring (bicyclic) bond motifs is 1. The van der Waals surface area contributed by atoms with Gasteiger partial charge in [-0.1, -0.05) is 0 Å². The van der Waals surface area contributed by atoms with Crippen molar-refractivity contribution in [2.45, 2.75) is 13.0 Å². The van der Waals surface area contributed by atoms with Crippen LogP contribution in [0.5, 0.6) is 0 Å². The van der Waals surface area contributed by atoms with Crippen molar-refractivity contribution < 1.29 is 13.9 Å². The fraction of sp³-hybridized carbons (Fsp3) is 0.143. The van der Waals surface area contributed by atoms with Crippen LogP contribution in [0.2, 0.25) is 0 Å². The normalized spacial score (nSPS) is 12.8. The fourth-order valence-corrected chi connectivity index (χ4v) is 1.78. The molecule has 0 radical (unpaired) electrons. The molecule has 0 aliphatic heterocycles. The highest BCUT2D eigenvalue weighted by molar-refractivity contribution is 5.72. The van der Waals surface area contributed by atoms with Crippen LogP contribution in [0.4, 0.5) is 4.39 Å². The first kappa shape index (κ1) is 11.8. The molecule has 0 aliphatic rings. The van der Waals surface area contributed by atoms with Gasteiger partial charge in [-0.2, -0.15) is 0 Å². The number of hydrogen-bond acceptors (Lipinski definition) is 4. The zero-order valence-electron chi connectivity index (χ0n) is 10.2. The van der Waals surface area contributed by atoms with Gasteiger partial charge in [0.05, 0.1) is 11.8 Å². The first-order valence-electron chi connectivity index (χ1n) is 5.85. The molecule has 1 unspecified atom stereocenters. The van der Waals surface area contributed by atoms with Crippen LogP contribution in [0.15, 0.2) is 40.8 Å². The topological polar surface area (TPSA) is 59.2 Å². The van der Waals surface area contributed by atoms with Gasteiger partial charge in [-0.3, -0.25) is 0 Å². The predicted octanol–water partition coefficient (Wildman–Crippen LogP) is 3.08. The van der Waals surface area contributed by atoms with Gasteiger partial charge in [0.1, 0.15) is 11.3 Å². The molecule has 5 heteroatoms. The van der Waals surface area contributed by atoms with Crippen molar-refractivity contribution in [3.8, 4) is 11.5 Å². The summed E-state index contributed by atoms with van der Waals surface area (Å²) in [4.78, 5) is 8.47. The van der Waals surface area contributed by atoms with Gasteiger partial charge >= 0.3 is 0 Å². The van der Waals surface area contributed by atoms with Crippen molar-refractivity contribution in [2.75, 3.05) is 0 Å². The van der Waals surface area contributed by atoms with Gasteiger partial charge in [-0.15, -0.1) is 0 Å². The van der Waals surface area contributed by atoms with Crippen LogP contribution in [0.25, 0.3) is 22.7 Å². The van der Waals surface area contributed by atoms with Crippen LogP contribution < -0.4 is 0 Å². The lowest BCUT2D eigenvalue weighted by Gasteiger charge is -2.00. The molecule has 0 aliphatic carbocycles. The number of oxazole rings is 1. The summed E-state index contributed by atoms with van der Waals surface area (Å²) in [6.45, 7) is 1.63. The number of aliphatic hydroxyl groups is 1. The van der Waals surface area contributed by atoms with Gasteiger partial charge in [-0.25, -0.2) is 14.4 Å². The van der Waals surface area contributed by atoms with Crippen LogP contribution in [0, 0.1) is 5.82 Å². The van der Waals surface area contributed by atoms with Crippen LogP contribution in [-0.2, 0) is 0 Å². The number of hydrogen-bond donors (Lipinski definition) is 1. The van der Waals surface area contributed by atoms with Gasteiger partial charge in [0.25, 0.3) is 0 Å². The van der Waals surface area contributed by atoms with Gasteiger partial charge in [-0.05, 0) is 43.3 Å². The monoisotopic (exact) mass is 258 g/mol. The van der Waals surface area contributed by atoms with E-state index in [2.05, 4.69) is 9.97 Å². The summed E-state index contributed by atoms with van der Waals surface area (Å²) in [6, 6.07) is 9.31. The van der Waals surface area contributed by atoms with E-state index in [1.54, 1.807) is 31.2 Å². The molecule has 19 heavy (non-hydrogen) atoms. The van der Waals surface area contributed by atoms with E-state index < -0.39 is 6.10 Å². The lowest BCUT2D eigenvalue weighted by molar-refractivity contribution is 0.194. The maximum absolute atomic E-state index is 12.9. The molecule has 0 fully saturated rings. The fourth-order valence-electron chi connectivity index (χ4n) is 1.78. The van der Waals surface area contributed by atoms with Crippen molar-refractivity contribution >= 4 is 11.2 Å². The highest BCUT2D eigenvalue weighted by atomic mass is 19.1. The summed E-state index contributed by atoms with van der Waals surface area (Å²) in [6.07, 6.45) is -0.663. The molecule has 3 rings (SSSR count). The third kappa shape index (κ3) is 2.20. The molecule has 4 nitrogen and oxygen atoms in total. The Hall–Kier alpha value is -2.27. The molecule has 0 saturated carbocycles. The quantitative estimate of drug-likeness (QED) is 0.767. The number of aromatic nitrogens is 2. The van der Waals surface area contributed by atoms with Crippen molar-refractivity contribution in [3.63, 3.8) is 0 Å². The molecule has 96 valence electrons. The number of nitrogens with zero attached hydrogens (tertiary/aromatic N) is 2. The molecular formula is C14H11FN2O2. The van der Waals surface area contributed by atoms with E-state index in [-0.39, 0.29) is 5.82 Å². The first-order valence-corrected chi connectivity index (χ1v) is 5.85. The summed E-state index contributed by atoms with van der Waals surface area (Å²) in [5, 5.41) is 9.47. The summed E-state index contributed by atoms with van der Waals surface area (Å²) in [5.74, 6) is 0.0691. The Kier molecular flexibility index (Phi) is 2.76. The second-order valence-corrected chi connectivity index (χ2v) is 4.26. The second-order valence-electron chi connectivity index (χ2n) is 4.26. The minimum Gasteiger partial charge on any atom is -0.418 e. The van der Waals surface area contributed by atoms with E-state index in [0.29, 0.717) is 28.4 Å². The van der Waals surface area contributed by atoms with Crippen LogP contribution >= 0.6 is 0 Å². The average Bonchev–Trinajstić information content (AvgIpc) is 2.82.